The molecule has 1 aliphatic rings. The predicted octanol–water partition coefficient (Wildman–Crippen LogP) is 4.79. The normalized spacial score (nSPS) is 21.3. The Morgan fingerprint density at radius 1 is 1.14 bits per heavy atom. The van der Waals surface area contributed by atoms with Gasteiger partial charge in [-0.25, -0.2) is 0 Å². The van der Waals surface area contributed by atoms with Gasteiger partial charge in [-0.05, 0) is 55.9 Å². The minimum atomic E-state index is -0.120. The maximum absolute atomic E-state index is 12.2. The molecule has 3 nitrogen and oxygen atoms in total. The Kier molecular flexibility index (Phi) is 6.63. The fourth-order valence-electron chi connectivity index (χ4n) is 3.18. The lowest BCUT2D eigenvalue weighted by atomic mass is 9.80. The van der Waals surface area contributed by atoms with E-state index in [-0.39, 0.29) is 11.9 Å². The Morgan fingerprint density at radius 2 is 1.82 bits per heavy atom. The van der Waals surface area contributed by atoms with Crippen molar-refractivity contribution in [3.8, 4) is 5.75 Å². The van der Waals surface area contributed by atoms with Gasteiger partial charge in [0.2, 0.25) is 0 Å². The van der Waals surface area contributed by atoms with Crippen LogP contribution in [0.15, 0.2) is 24.3 Å². The molecule has 0 saturated heterocycles. The van der Waals surface area contributed by atoms with Crippen LogP contribution in [-0.2, 0) is 4.79 Å². The standard InChI is InChI=1S/C19H26O3/c1-2-3-4-5-15-6-10-17(11-7-15)19(21)22-18-12-8-16(14-20)9-13-18/h8-9,12-15,17H,2-7,10-11H2,1H3. The van der Waals surface area contributed by atoms with E-state index in [1.54, 1.807) is 24.3 Å². The molecule has 0 spiro atoms. The van der Waals surface area contributed by atoms with Crippen molar-refractivity contribution in [2.45, 2.75) is 58.3 Å². The third kappa shape index (κ3) is 4.97. The van der Waals surface area contributed by atoms with Crippen molar-refractivity contribution in [2.75, 3.05) is 0 Å². The fourth-order valence-corrected chi connectivity index (χ4v) is 3.18. The van der Waals surface area contributed by atoms with E-state index >= 15 is 0 Å². The van der Waals surface area contributed by atoms with Crippen LogP contribution in [0.3, 0.4) is 0 Å². The van der Waals surface area contributed by atoms with Gasteiger partial charge in [-0.15, -0.1) is 0 Å². The minimum Gasteiger partial charge on any atom is -0.426 e. The van der Waals surface area contributed by atoms with E-state index in [9.17, 15) is 9.59 Å². The first-order valence-electron chi connectivity index (χ1n) is 8.50. The third-order valence-corrected chi connectivity index (χ3v) is 4.63. The second-order valence-corrected chi connectivity index (χ2v) is 6.32. The highest BCUT2D eigenvalue weighted by Crippen LogP contribution is 2.33. The Labute approximate surface area is 133 Å². The van der Waals surface area contributed by atoms with Gasteiger partial charge in [0.15, 0.2) is 0 Å². The van der Waals surface area contributed by atoms with Crippen molar-refractivity contribution < 1.29 is 14.3 Å². The maximum atomic E-state index is 12.2. The summed E-state index contributed by atoms with van der Waals surface area (Å²) < 4.78 is 5.43. The molecular weight excluding hydrogens is 276 g/mol. The van der Waals surface area contributed by atoms with Gasteiger partial charge in [0.25, 0.3) is 0 Å². The molecule has 1 aromatic rings. The van der Waals surface area contributed by atoms with E-state index in [1.807, 2.05) is 0 Å². The van der Waals surface area contributed by atoms with Gasteiger partial charge in [-0.2, -0.15) is 0 Å². The molecule has 0 atom stereocenters. The molecular formula is C19H26O3. The number of benzene rings is 1. The quantitative estimate of drug-likeness (QED) is 0.315. The smallest absolute Gasteiger partial charge is 0.314 e. The van der Waals surface area contributed by atoms with E-state index in [0.717, 1.165) is 37.9 Å². The van der Waals surface area contributed by atoms with Crippen LogP contribution in [0.25, 0.3) is 0 Å². The molecule has 120 valence electrons. The molecule has 0 amide bonds. The number of hydrogen-bond donors (Lipinski definition) is 0. The Bertz CT molecular complexity index is 470. The van der Waals surface area contributed by atoms with Gasteiger partial charge < -0.3 is 4.74 Å². The second-order valence-electron chi connectivity index (χ2n) is 6.32. The number of carbonyl (C=O) groups is 2. The number of esters is 1. The van der Waals surface area contributed by atoms with Gasteiger partial charge in [0.05, 0.1) is 5.92 Å². The Hall–Kier alpha value is -1.64. The zero-order chi connectivity index (χ0) is 15.8. The van der Waals surface area contributed by atoms with Crippen LogP contribution < -0.4 is 4.74 Å². The monoisotopic (exact) mass is 302 g/mol. The topological polar surface area (TPSA) is 43.4 Å². The summed E-state index contributed by atoms with van der Waals surface area (Å²) in [6.07, 6.45) is 10.2. The number of hydrogen-bond acceptors (Lipinski definition) is 3. The summed E-state index contributed by atoms with van der Waals surface area (Å²) in [5.41, 5.74) is 0.590. The van der Waals surface area contributed by atoms with E-state index in [4.69, 9.17) is 4.74 Å². The average Bonchev–Trinajstić information content (AvgIpc) is 2.56. The molecule has 1 fully saturated rings. The summed E-state index contributed by atoms with van der Waals surface area (Å²) in [4.78, 5) is 22.8. The predicted molar refractivity (Wildman–Crippen MR) is 87.1 cm³/mol. The van der Waals surface area contributed by atoms with Crippen molar-refractivity contribution in [3.05, 3.63) is 29.8 Å². The summed E-state index contributed by atoms with van der Waals surface area (Å²) in [5.74, 6) is 1.24. The number of unbranched alkanes of at least 4 members (excludes halogenated alkanes) is 2. The lowest BCUT2D eigenvalue weighted by Crippen LogP contribution is -2.25. The summed E-state index contributed by atoms with van der Waals surface area (Å²) in [5, 5.41) is 0. The van der Waals surface area contributed by atoms with Crippen LogP contribution in [0.1, 0.15) is 68.6 Å². The van der Waals surface area contributed by atoms with Crippen molar-refractivity contribution in [1.82, 2.24) is 0 Å². The molecule has 0 heterocycles. The second kappa shape index (κ2) is 8.72. The van der Waals surface area contributed by atoms with Crippen LogP contribution >= 0.6 is 0 Å². The molecule has 0 radical (unpaired) electrons. The minimum absolute atomic E-state index is 0.0353. The van der Waals surface area contributed by atoms with Crippen LogP contribution in [0, 0.1) is 11.8 Å². The third-order valence-electron chi connectivity index (χ3n) is 4.63. The van der Waals surface area contributed by atoms with Gasteiger partial charge in [-0.1, -0.05) is 32.6 Å². The number of carbonyl (C=O) groups excluding carboxylic acids is 2. The van der Waals surface area contributed by atoms with Crippen LogP contribution in [0.5, 0.6) is 5.75 Å². The number of rotatable bonds is 7. The first-order valence-corrected chi connectivity index (χ1v) is 8.50. The Morgan fingerprint density at radius 3 is 2.41 bits per heavy atom. The highest BCUT2D eigenvalue weighted by atomic mass is 16.5. The molecule has 3 heteroatoms. The van der Waals surface area contributed by atoms with Crippen LogP contribution in [-0.4, -0.2) is 12.3 Å². The molecule has 0 aromatic heterocycles. The van der Waals surface area contributed by atoms with Crippen molar-refractivity contribution >= 4 is 12.3 Å². The van der Waals surface area contributed by atoms with Gasteiger partial charge in [-0.3, -0.25) is 9.59 Å². The molecule has 1 saturated carbocycles. The van der Waals surface area contributed by atoms with E-state index in [2.05, 4.69) is 6.92 Å². The average molecular weight is 302 g/mol. The summed E-state index contributed by atoms with van der Waals surface area (Å²) in [6.45, 7) is 2.23. The van der Waals surface area contributed by atoms with Crippen LogP contribution in [0.4, 0.5) is 0 Å². The van der Waals surface area contributed by atoms with Crippen molar-refractivity contribution in [1.29, 1.82) is 0 Å². The lowest BCUT2D eigenvalue weighted by molar-refractivity contribution is -0.140. The number of ether oxygens (including phenoxy) is 1. The van der Waals surface area contributed by atoms with Crippen LogP contribution in [0.2, 0.25) is 0 Å². The molecule has 1 aromatic carbocycles. The SMILES string of the molecule is CCCCCC1CCC(C(=O)Oc2ccc(C=O)cc2)CC1. The largest absolute Gasteiger partial charge is 0.426 e. The highest BCUT2D eigenvalue weighted by Gasteiger charge is 2.27. The summed E-state index contributed by atoms with van der Waals surface area (Å²) >= 11 is 0. The Balaban J connectivity index is 1.75. The molecule has 2 rings (SSSR count). The molecule has 1 aliphatic carbocycles. The maximum Gasteiger partial charge on any atom is 0.314 e. The highest BCUT2D eigenvalue weighted by molar-refractivity contribution is 5.77. The van der Waals surface area contributed by atoms with Gasteiger partial charge in [0.1, 0.15) is 12.0 Å². The molecule has 0 aliphatic heterocycles. The van der Waals surface area contributed by atoms with Crippen molar-refractivity contribution in [2.24, 2.45) is 11.8 Å². The summed E-state index contributed by atoms with van der Waals surface area (Å²) in [7, 11) is 0. The molecule has 0 N–H and O–H groups in total. The fraction of sp³-hybridized carbons (Fsp3) is 0.579. The summed E-state index contributed by atoms with van der Waals surface area (Å²) in [6, 6.07) is 6.69. The first-order chi connectivity index (χ1) is 10.7. The van der Waals surface area contributed by atoms with E-state index in [1.165, 1.54) is 25.7 Å². The molecule has 0 bridgehead atoms. The van der Waals surface area contributed by atoms with Crippen molar-refractivity contribution in [3.63, 3.8) is 0 Å². The van der Waals surface area contributed by atoms with E-state index < -0.39 is 0 Å². The molecule has 0 unspecified atom stereocenters. The van der Waals surface area contributed by atoms with Gasteiger partial charge in [0, 0.05) is 5.56 Å². The zero-order valence-electron chi connectivity index (χ0n) is 13.4. The van der Waals surface area contributed by atoms with Gasteiger partial charge >= 0.3 is 5.97 Å². The number of aldehydes is 1. The zero-order valence-corrected chi connectivity index (χ0v) is 13.4. The lowest BCUT2D eigenvalue weighted by Gasteiger charge is -2.27. The first kappa shape index (κ1) is 16.7. The van der Waals surface area contributed by atoms with E-state index in [0.29, 0.717) is 11.3 Å². The molecule has 22 heavy (non-hydrogen) atoms.